The molecule has 0 aliphatic rings. The Balaban J connectivity index is 2.14. The Morgan fingerprint density at radius 3 is 2.62 bits per heavy atom. The minimum absolute atomic E-state index is 0.0381. The van der Waals surface area contributed by atoms with Crippen LogP contribution < -0.4 is 10.6 Å². The summed E-state index contributed by atoms with van der Waals surface area (Å²) in [6.07, 6.45) is 2.87. The van der Waals surface area contributed by atoms with Crippen molar-refractivity contribution in [2.75, 3.05) is 11.9 Å². The van der Waals surface area contributed by atoms with E-state index in [-0.39, 0.29) is 18.8 Å². The quantitative estimate of drug-likeness (QED) is 0.725. The van der Waals surface area contributed by atoms with Crippen molar-refractivity contribution in [1.82, 2.24) is 15.1 Å². The standard InChI is InChI=1S/C16H19FN4O3/c1-2-3-14-13(20-16(24)18-9-8-15(22)23)10-19-21(14)12-6-4-11(17)5-7-12/h4-7,10H,2-3,8-9H2,1H3,(H,22,23)(H2,18,20,24). The molecule has 0 spiro atoms. The van der Waals surface area contributed by atoms with Crippen molar-refractivity contribution in [2.45, 2.75) is 26.2 Å². The maximum absolute atomic E-state index is 13.1. The summed E-state index contributed by atoms with van der Waals surface area (Å²) in [7, 11) is 0. The molecule has 0 atom stereocenters. The Bertz CT molecular complexity index is 713. The predicted molar refractivity (Wildman–Crippen MR) is 86.8 cm³/mol. The Labute approximate surface area is 138 Å². The van der Waals surface area contributed by atoms with E-state index >= 15 is 0 Å². The zero-order valence-electron chi connectivity index (χ0n) is 13.3. The van der Waals surface area contributed by atoms with Gasteiger partial charge in [-0.2, -0.15) is 5.10 Å². The van der Waals surface area contributed by atoms with E-state index in [9.17, 15) is 14.0 Å². The highest BCUT2D eigenvalue weighted by Gasteiger charge is 2.14. The van der Waals surface area contributed by atoms with E-state index in [4.69, 9.17) is 5.11 Å². The van der Waals surface area contributed by atoms with E-state index < -0.39 is 12.0 Å². The van der Waals surface area contributed by atoms with Crippen LogP contribution in [0.1, 0.15) is 25.5 Å². The lowest BCUT2D eigenvalue weighted by Crippen LogP contribution is -2.30. The third-order valence-corrected chi connectivity index (χ3v) is 3.30. The number of aromatic nitrogens is 2. The molecule has 0 aliphatic heterocycles. The zero-order chi connectivity index (χ0) is 17.5. The predicted octanol–water partition coefficient (Wildman–Crippen LogP) is 2.56. The van der Waals surface area contributed by atoms with E-state index in [0.717, 1.165) is 12.1 Å². The lowest BCUT2D eigenvalue weighted by atomic mass is 10.2. The van der Waals surface area contributed by atoms with Crippen molar-refractivity contribution >= 4 is 17.7 Å². The van der Waals surface area contributed by atoms with Gasteiger partial charge in [0.1, 0.15) is 5.82 Å². The molecule has 0 unspecified atom stereocenters. The molecule has 24 heavy (non-hydrogen) atoms. The summed E-state index contributed by atoms with van der Waals surface area (Å²) in [6, 6.07) is 5.42. The molecule has 8 heteroatoms. The fraction of sp³-hybridized carbons (Fsp3) is 0.312. The van der Waals surface area contributed by atoms with Crippen LogP contribution >= 0.6 is 0 Å². The largest absolute Gasteiger partial charge is 0.481 e. The Kier molecular flexibility index (Phi) is 5.89. The number of amides is 2. The van der Waals surface area contributed by atoms with Crippen molar-refractivity contribution in [1.29, 1.82) is 0 Å². The van der Waals surface area contributed by atoms with Crippen LogP contribution in [-0.2, 0) is 11.2 Å². The second-order valence-electron chi connectivity index (χ2n) is 5.17. The first-order valence-corrected chi connectivity index (χ1v) is 7.60. The Morgan fingerprint density at radius 1 is 1.29 bits per heavy atom. The van der Waals surface area contributed by atoms with Crippen molar-refractivity contribution in [2.24, 2.45) is 0 Å². The van der Waals surface area contributed by atoms with Crippen LogP contribution in [-0.4, -0.2) is 33.4 Å². The molecular weight excluding hydrogens is 315 g/mol. The molecule has 1 aromatic carbocycles. The van der Waals surface area contributed by atoms with Crippen LogP contribution in [0.25, 0.3) is 5.69 Å². The Morgan fingerprint density at radius 2 is 2.00 bits per heavy atom. The number of rotatable bonds is 7. The number of carbonyl (C=O) groups is 2. The molecule has 3 N–H and O–H groups in total. The summed E-state index contributed by atoms with van der Waals surface area (Å²) in [5.74, 6) is -1.31. The van der Waals surface area contributed by atoms with Gasteiger partial charge in [-0.15, -0.1) is 0 Å². The van der Waals surface area contributed by atoms with Crippen LogP contribution in [0.2, 0.25) is 0 Å². The minimum atomic E-state index is -0.980. The second kappa shape index (κ2) is 8.09. The van der Waals surface area contributed by atoms with Crippen LogP contribution in [0.4, 0.5) is 14.9 Å². The molecule has 0 bridgehead atoms. The summed E-state index contributed by atoms with van der Waals surface area (Å²) in [5.41, 5.74) is 2.02. The highest BCUT2D eigenvalue weighted by Crippen LogP contribution is 2.21. The molecule has 0 saturated carbocycles. The number of nitrogens with one attached hydrogen (secondary N) is 2. The Hall–Kier alpha value is -2.90. The molecule has 128 valence electrons. The zero-order valence-corrected chi connectivity index (χ0v) is 13.3. The maximum atomic E-state index is 13.1. The minimum Gasteiger partial charge on any atom is -0.481 e. The molecule has 1 heterocycles. The van der Waals surface area contributed by atoms with Gasteiger partial charge >= 0.3 is 12.0 Å². The number of carboxylic acid groups (broad SMARTS) is 1. The van der Waals surface area contributed by atoms with Gasteiger partial charge in [-0.3, -0.25) is 4.79 Å². The summed E-state index contributed by atoms with van der Waals surface area (Å²) >= 11 is 0. The van der Waals surface area contributed by atoms with Gasteiger partial charge in [0.05, 0.1) is 29.7 Å². The maximum Gasteiger partial charge on any atom is 0.319 e. The molecule has 1 aromatic heterocycles. The van der Waals surface area contributed by atoms with Crippen molar-refractivity contribution in [3.05, 3.63) is 42.0 Å². The molecular formula is C16H19FN4O3. The number of hydrogen-bond acceptors (Lipinski definition) is 3. The third kappa shape index (κ3) is 4.55. The van der Waals surface area contributed by atoms with E-state index in [0.29, 0.717) is 17.8 Å². The van der Waals surface area contributed by atoms with Crippen molar-refractivity contribution in [3.8, 4) is 5.69 Å². The topological polar surface area (TPSA) is 96.2 Å². The molecule has 2 rings (SSSR count). The first-order valence-electron chi connectivity index (χ1n) is 7.60. The monoisotopic (exact) mass is 334 g/mol. The first-order chi connectivity index (χ1) is 11.5. The number of hydrogen-bond donors (Lipinski definition) is 3. The summed E-state index contributed by atoms with van der Waals surface area (Å²) < 4.78 is 14.7. The number of aliphatic carboxylic acids is 1. The van der Waals surface area contributed by atoms with E-state index in [1.165, 1.54) is 18.3 Å². The van der Waals surface area contributed by atoms with E-state index in [1.807, 2.05) is 6.92 Å². The van der Waals surface area contributed by atoms with Gasteiger partial charge < -0.3 is 15.7 Å². The molecule has 2 amide bonds. The smallest absolute Gasteiger partial charge is 0.319 e. The number of anilines is 1. The van der Waals surface area contributed by atoms with Crippen LogP contribution in [0.15, 0.2) is 30.5 Å². The van der Waals surface area contributed by atoms with Crippen molar-refractivity contribution < 1.29 is 19.1 Å². The van der Waals surface area contributed by atoms with Gasteiger partial charge in [-0.1, -0.05) is 13.3 Å². The number of carbonyl (C=O) groups excluding carboxylic acids is 1. The molecule has 0 aliphatic carbocycles. The number of halogens is 1. The average molecular weight is 334 g/mol. The molecule has 7 nitrogen and oxygen atoms in total. The number of urea groups is 1. The first kappa shape index (κ1) is 17.5. The average Bonchev–Trinajstić information content (AvgIpc) is 2.91. The van der Waals surface area contributed by atoms with Crippen LogP contribution in [0.5, 0.6) is 0 Å². The molecule has 0 saturated heterocycles. The fourth-order valence-corrected chi connectivity index (χ4v) is 2.21. The van der Waals surface area contributed by atoms with Crippen LogP contribution in [0.3, 0.4) is 0 Å². The lowest BCUT2D eigenvalue weighted by Gasteiger charge is -2.10. The SMILES string of the molecule is CCCc1c(NC(=O)NCCC(=O)O)cnn1-c1ccc(F)cc1. The van der Waals surface area contributed by atoms with Gasteiger partial charge in [0, 0.05) is 6.54 Å². The number of nitrogens with zero attached hydrogens (tertiary/aromatic N) is 2. The van der Waals surface area contributed by atoms with Crippen molar-refractivity contribution in [3.63, 3.8) is 0 Å². The van der Waals surface area contributed by atoms with Gasteiger partial charge in [-0.05, 0) is 30.7 Å². The number of carboxylic acids is 1. The summed E-state index contributed by atoms with van der Waals surface area (Å²) in [5, 5.41) is 18.0. The normalized spacial score (nSPS) is 10.4. The molecule has 2 aromatic rings. The van der Waals surface area contributed by atoms with Gasteiger partial charge in [-0.25, -0.2) is 13.9 Å². The van der Waals surface area contributed by atoms with E-state index in [2.05, 4.69) is 15.7 Å². The molecule has 0 radical (unpaired) electrons. The van der Waals surface area contributed by atoms with Gasteiger partial charge in [0.25, 0.3) is 0 Å². The van der Waals surface area contributed by atoms with Gasteiger partial charge in [0.2, 0.25) is 0 Å². The van der Waals surface area contributed by atoms with E-state index in [1.54, 1.807) is 16.8 Å². The van der Waals surface area contributed by atoms with Gasteiger partial charge in [0.15, 0.2) is 0 Å². The highest BCUT2D eigenvalue weighted by molar-refractivity contribution is 5.90. The summed E-state index contributed by atoms with van der Waals surface area (Å²) in [4.78, 5) is 22.3. The molecule has 0 fully saturated rings. The highest BCUT2D eigenvalue weighted by atomic mass is 19.1. The summed E-state index contributed by atoms with van der Waals surface area (Å²) in [6.45, 7) is 2.04. The van der Waals surface area contributed by atoms with Crippen LogP contribution in [0, 0.1) is 5.82 Å². The number of benzene rings is 1. The third-order valence-electron chi connectivity index (χ3n) is 3.30. The fourth-order valence-electron chi connectivity index (χ4n) is 2.21. The second-order valence-corrected chi connectivity index (χ2v) is 5.17. The lowest BCUT2D eigenvalue weighted by molar-refractivity contribution is -0.136.